The van der Waals surface area contributed by atoms with Crippen LogP contribution in [0.25, 0.3) is 0 Å². The monoisotopic (exact) mass is 612 g/mol. The van der Waals surface area contributed by atoms with Crippen molar-refractivity contribution in [3.8, 4) is 0 Å². The molecule has 1 unspecified atom stereocenters. The highest BCUT2D eigenvalue weighted by molar-refractivity contribution is 5.94. The lowest BCUT2D eigenvalue weighted by molar-refractivity contribution is -0.276. The maximum atomic E-state index is 13.6. The summed E-state index contributed by atoms with van der Waals surface area (Å²) in [7, 11) is 3.10. The highest BCUT2D eigenvalue weighted by Crippen LogP contribution is 2.33. The summed E-state index contributed by atoms with van der Waals surface area (Å²) in [5, 5.41) is 15.9. The maximum absolute atomic E-state index is 13.6. The van der Waals surface area contributed by atoms with Gasteiger partial charge in [-0.1, -0.05) is 27.2 Å². The van der Waals surface area contributed by atoms with Gasteiger partial charge in [0.2, 0.25) is 11.8 Å². The van der Waals surface area contributed by atoms with Gasteiger partial charge < -0.3 is 30.1 Å². The first kappa shape index (κ1) is 36.4. The SMILES string of the molecule is CCC[C@@H](CC[C@@H](C)[C@@H]1OC(=O)[C@H](C)NC(=O)[C@H]([C@@H](C)CCO)N(C)C(=O)C2CN(O2)C(=O)[C@H](C)NC(=O)C1(C)C)OC. The standard InChI is InChI=1S/C30H52N4O9/c1-10-11-21(41-9)13-12-18(3)24-30(6,7)29(40)32-19(4)26(37)34-16-22(43-34)27(38)33(8)23(17(2)14-15-35)25(36)31-20(5)28(39)42-24/h17-24,35H,10-16H2,1-9H3,(H,31,36)(H,32,40)/t17-,18+,19-,20-,21-,22?,23-,24-/m0/s1. The first-order chi connectivity index (χ1) is 20.1. The van der Waals surface area contributed by atoms with E-state index in [1.165, 1.54) is 25.8 Å². The molecule has 0 radical (unpaired) electrons. The number of carbonyl (C=O) groups excluding carboxylic acids is 5. The molecule has 13 heteroatoms. The van der Waals surface area contributed by atoms with Crippen molar-refractivity contribution in [3.05, 3.63) is 0 Å². The summed E-state index contributed by atoms with van der Waals surface area (Å²) >= 11 is 0. The lowest BCUT2D eigenvalue weighted by Crippen LogP contribution is -2.64. The number of hydrogen-bond acceptors (Lipinski definition) is 9. The Labute approximate surface area is 255 Å². The van der Waals surface area contributed by atoms with Crippen molar-refractivity contribution >= 4 is 29.6 Å². The summed E-state index contributed by atoms with van der Waals surface area (Å²) in [5.74, 6) is -3.66. The van der Waals surface area contributed by atoms with Gasteiger partial charge in [0.25, 0.3) is 11.8 Å². The van der Waals surface area contributed by atoms with E-state index in [4.69, 9.17) is 14.3 Å². The van der Waals surface area contributed by atoms with Gasteiger partial charge >= 0.3 is 5.97 Å². The van der Waals surface area contributed by atoms with Crippen molar-refractivity contribution in [2.24, 2.45) is 17.3 Å². The number of hydrogen-bond donors (Lipinski definition) is 3. The van der Waals surface area contributed by atoms with Crippen molar-refractivity contribution in [3.63, 3.8) is 0 Å². The number of hydroxylamine groups is 2. The molecule has 3 aliphatic heterocycles. The van der Waals surface area contributed by atoms with E-state index in [-0.39, 0.29) is 31.6 Å². The number of methoxy groups -OCH3 is 1. The zero-order valence-corrected chi connectivity index (χ0v) is 27.2. The second kappa shape index (κ2) is 15.8. The van der Waals surface area contributed by atoms with Crippen LogP contribution in [-0.2, 0) is 38.3 Å². The smallest absolute Gasteiger partial charge is 0.328 e. The quantitative estimate of drug-likeness (QED) is 0.243. The number of esters is 1. The van der Waals surface area contributed by atoms with Crippen molar-refractivity contribution < 1.29 is 43.4 Å². The first-order valence-corrected chi connectivity index (χ1v) is 15.3. The van der Waals surface area contributed by atoms with Gasteiger partial charge in [-0.2, -0.15) is 0 Å². The molecule has 8 atom stereocenters. The number of ether oxygens (including phenoxy) is 2. The molecule has 0 saturated carbocycles. The van der Waals surface area contributed by atoms with Crippen LogP contribution in [0.5, 0.6) is 0 Å². The van der Waals surface area contributed by atoms with E-state index < -0.39 is 71.3 Å². The fourth-order valence-electron chi connectivity index (χ4n) is 5.75. The number of aliphatic hydroxyl groups excluding tert-OH is 1. The molecular formula is C30H52N4O9. The molecule has 0 aromatic carbocycles. The number of amides is 4. The number of aliphatic hydroxyl groups is 1. The Balaban J connectivity index is 2.45. The molecule has 4 amide bonds. The summed E-state index contributed by atoms with van der Waals surface area (Å²) in [4.78, 5) is 73.5. The minimum Gasteiger partial charge on any atom is -0.459 e. The van der Waals surface area contributed by atoms with E-state index in [0.29, 0.717) is 12.8 Å². The Hall–Kier alpha value is -2.77. The third-order valence-corrected chi connectivity index (χ3v) is 8.64. The molecule has 0 spiro atoms. The van der Waals surface area contributed by atoms with Crippen LogP contribution in [0, 0.1) is 17.3 Å². The predicted molar refractivity (Wildman–Crippen MR) is 157 cm³/mol. The zero-order chi connectivity index (χ0) is 32.6. The van der Waals surface area contributed by atoms with E-state index in [1.54, 1.807) is 27.9 Å². The molecule has 43 heavy (non-hydrogen) atoms. The minimum absolute atomic E-state index is 0.0176. The molecule has 3 aliphatic rings. The number of rotatable bonds is 10. The summed E-state index contributed by atoms with van der Waals surface area (Å²) < 4.78 is 11.6. The highest BCUT2D eigenvalue weighted by atomic mass is 16.7. The topological polar surface area (TPSA) is 164 Å². The van der Waals surface area contributed by atoms with Gasteiger partial charge in [0.15, 0.2) is 6.10 Å². The number of likely N-dealkylation sites (N-methyl/N-ethyl adjacent to an activating group) is 1. The van der Waals surface area contributed by atoms with Crippen molar-refractivity contribution in [1.82, 2.24) is 20.6 Å². The molecule has 3 rings (SSSR count). The second-order valence-electron chi connectivity index (χ2n) is 12.6. The molecule has 0 aromatic rings. The molecule has 3 fully saturated rings. The zero-order valence-electron chi connectivity index (χ0n) is 27.2. The van der Waals surface area contributed by atoms with Gasteiger partial charge in [-0.25, -0.2) is 9.86 Å². The Morgan fingerprint density at radius 2 is 1.60 bits per heavy atom. The number of carbonyl (C=O) groups is 5. The minimum atomic E-state index is -1.26. The molecular weight excluding hydrogens is 560 g/mol. The van der Waals surface area contributed by atoms with Gasteiger partial charge in [-0.05, 0) is 65.2 Å². The van der Waals surface area contributed by atoms with Gasteiger partial charge in [-0.3, -0.25) is 24.0 Å². The fourth-order valence-corrected chi connectivity index (χ4v) is 5.75. The van der Waals surface area contributed by atoms with Gasteiger partial charge in [-0.15, -0.1) is 0 Å². The van der Waals surface area contributed by atoms with Crippen LogP contribution < -0.4 is 10.6 Å². The first-order valence-electron chi connectivity index (χ1n) is 15.3. The Bertz CT molecular complexity index is 1000. The second-order valence-corrected chi connectivity index (χ2v) is 12.6. The molecule has 3 saturated heterocycles. The highest BCUT2D eigenvalue weighted by Gasteiger charge is 2.47. The molecule has 3 heterocycles. The average Bonchev–Trinajstić information content (AvgIpc) is 2.91. The Morgan fingerprint density at radius 3 is 2.16 bits per heavy atom. The van der Waals surface area contributed by atoms with E-state index in [2.05, 4.69) is 17.6 Å². The Morgan fingerprint density at radius 1 is 0.977 bits per heavy atom. The molecule has 3 N–H and O–H groups in total. The summed E-state index contributed by atoms with van der Waals surface area (Å²) in [6.45, 7) is 11.7. The van der Waals surface area contributed by atoms with Crippen LogP contribution in [0.4, 0.5) is 0 Å². The van der Waals surface area contributed by atoms with Crippen LogP contribution in [0.3, 0.4) is 0 Å². The molecule has 0 aliphatic carbocycles. The summed E-state index contributed by atoms with van der Waals surface area (Å²) in [6.07, 6.45) is 1.44. The van der Waals surface area contributed by atoms with Crippen molar-refractivity contribution in [2.75, 3.05) is 27.3 Å². The largest absolute Gasteiger partial charge is 0.459 e. The van der Waals surface area contributed by atoms with Crippen LogP contribution in [0.1, 0.15) is 80.6 Å². The van der Waals surface area contributed by atoms with Gasteiger partial charge in [0.1, 0.15) is 24.2 Å². The van der Waals surface area contributed by atoms with Gasteiger partial charge in [0, 0.05) is 20.8 Å². The normalized spacial score (nSPS) is 29.5. The summed E-state index contributed by atoms with van der Waals surface area (Å²) in [5.41, 5.74) is -1.26. The van der Waals surface area contributed by atoms with E-state index in [9.17, 15) is 29.1 Å². The van der Waals surface area contributed by atoms with E-state index >= 15 is 0 Å². The lowest BCUT2D eigenvalue weighted by Gasteiger charge is -2.42. The van der Waals surface area contributed by atoms with Crippen molar-refractivity contribution in [1.29, 1.82) is 0 Å². The fraction of sp³-hybridized carbons (Fsp3) is 0.833. The van der Waals surface area contributed by atoms with Crippen molar-refractivity contribution in [2.45, 2.75) is 117 Å². The van der Waals surface area contributed by atoms with Crippen LogP contribution in [0.15, 0.2) is 0 Å². The van der Waals surface area contributed by atoms with Crippen LogP contribution in [-0.4, -0.2) is 108 Å². The van der Waals surface area contributed by atoms with Crippen LogP contribution >= 0.6 is 0 Å². The van der Waals surface area contributed by atoms with Gasteiger partial charge in [0.05, 0.1) is 18.1 Å². The Kier molecular flexibility index (Phi) is 13.4. The van der Waals surface area contributed by atoms with E-state index in [0.717, 1.165) is 17.9 Å². The third-order valence-electron chi connectivity index (χ3n) is 8.64. The molecule has 246 valence electrons. The van der Waals surface area contributed by atoms with Crippen LogP contribution in [0.2, 0.25) is 0 Å². The van der Waals surface area contributed by atoms with E-state index in [1.807, 2.05) is 6.92 Å². The summed E-state index contributed by atoms with van der Waals surface area (Å²) in [6, 6.07) is -3.12. The third kappa shape index (κ3) is 8.89. The molecule has 2 bridgehead atoms. The number of nitrogens with zero attached hydrogens (tertiary/aromatic N) is 2. The number of fused-ring (bicyclic) bond motifs is 13. The average molecular weight is 613 g/mol. The molecule has 13 nitrogen and oxygen atoms in total. The maximum Gasteiger partial charge on any atom is 0.328 e. The predicted octanol–water partition coefficient (Wildman–Crippen LogP) is 1.17. The molecule has 0 aromatic heterocycles. The number of nitrogens with one attached hydrogen (secondary N) is 2. The lowest BCUT2D eigenvalue weighted by atomic mass is 9.77.